The minimum Gasteiger partial charge on any atom is -0.478 e. The number of hydrogen-bond acceptors (Lipinski definition) is 2. The highest BCUT2D eigenvalue weighted by Gasteiger charge is 2.15. The van der Waals surface area contributed by atoms with Crippen molar-refractivity contribution in [2.45, 2.75) is 18.9 Å². The molecule has 68 valence electrons. The molecule has 0 saturated heterocycles. The summed E-state index contributed by atoms with van der Waals surface area (Å²) in [5.74, 6) is -2.32. The maximum atomic E-state index is 10.5. The van der Waals surface area contributed by atoms with Crippen molar-refractivity contribution in [2.24, 2.45) is 0 Å². The fourth-order valence-electron chi connectivity index (χ4n) is 0.768. The maximum Gasteiger partial charge on any atom is 0.331 e. The van der Waals surface area contributed by atoms with Crippen LogP contribution in [-0.4, -0.2) is 32.4 Å². The molecule has 0 amide bonds. The molecule has 0 aromatic heterocycles. The van der Waals surface area contributed by atoms with Crippen LogP contribution in [0.3, 0.4) is 0 Å². The molecule has 0 aliphatic carbocycles. The number of rotatable bonds is 4. The quantitative estimate of drug-likeness (QED) is 0.467. The lowest BCUT2D eigenvalue weighted by atomic mass is 10.1. The van der Waals surface area contributed by atoms with E-state index in [0.29, 0.717) is 16.7 Å². The summed E-state index contributed by atoms with van der Waals surface area (Å²) < 4.78 is 0. The predicted octanol–water partition coefficient (Wildman–Crippen LogP) is -0.354. The fourth-order valence-corrected chi connectivity index (χ4v) is 1.18. The van der Waals surface area contributed by atoms with Crippen LogP contribution >= 0.6 is 0 Å². The van der Waals surface area contributed by atoms with Gasteiger partial charge in [-0.05, 0) is 5.54 Å². The van der Waals surface area contributed by atoms with E-state index in [0.717, 1.165) is 6.08 Å². The molecule has 1 unspecified atom stereocenters. The van der Waals surface area contributed by atoms with Gasteiger partial charge in [0.1, 0.15) is 0 Å². The van der Waals surface area contributed by atoms with Crippen molar-refractivity contribution in [3.63, 3.8) is 0 Å². The summed E-state index contributed by atoms with van der Waals surface area (Å²) in [6.45, 7) is 1.84. The first kappa shape index (κ1) is 10.9. The Morgan fingerprint density at radius 1 is 1.50 bits per heavy atom. The Hall–Kier alpha value is -1.10. The number of hydrogen-bond donors (Lipinski definition) is 2. The van der Waals surface area contributed by atoms with Gasteiger partial charge in [-0.15, -0.1) is 0 Å². The van der Waals surface area contributed by atoms with Crippen molar-refractivity contribution in [3.05, 3.63) is 11.6 Å². The third-order valence-corrected chi connectivity index (χ3v) is 3.11. The van der Waals surface area contributed by atoms with Crippen LogP contribution < -0.4 is 0 Å². The van der Waals surface area contributed by atoms with E-state index in [-0.39, 0.29) is 11.1 Å². The first-order valence-electron chi connectivity index (χ1n) is 3.66. The van der Waals surface area contributed by atoms with Gasteiger partial charge in [-0.25, -0.2) is 9.59 Å². The average Bonchev–Trinajstić information content (AvgIpc) is 1.98. The van der Waals surface area contributed by atoms with Crippen LogP contribution in [0.25, 0.3) is 0 Å². The molecule has 0 saturated carbocycles. The summed E-state index contributed by atoms with van der Waals surface area (Å²) in [7, 11) is 0.664. The zero-order valence-corrected chi connectivity index (χ0v) is 9.07. The second kappa shape index (κ2) is 4.71. The van der Waals surface area contributed by atoms with Crippen LogP contribution in [0.1, 0.15) is 13.3 Å². The normalized spacial score (nSPS) is 14.2. The van der Waals surface area contributed by atoms with Gasteiger partial charge in [0.15, 0.2) is 0 Å². The molecule has 0 rings (SSSR count). The highest BCUT2D eigenvalue weighted by atomic mass is 28.1. The maximum absolute atomic E-state index is 10.5. The van der Waals surface area contributed by atoms with Gasteiger partial charge in [-0.1, -0.05) is 13.3 Å². The molecule has 4 nitrogen and oxygen atoms in total. The average molecular weight is 188 g/mol. The van der Waals surface area contributed by atoms with Gasteiger partial charge in [0.25, 0.3) is 0 Å². The Morgan fingerprint density at radius 2 is 2.00 bits per heavy atom. The molecular weight excluding hydrogens is 176 g/mol. The Morgan fingerprint density at radius 3 is 2.25 bits per heavy atom. The molecular formula is C7H12O4Si. The van der Waals surface area contributed by atoms with Gasteiger partial charge >= 0.3 is 11.9 Å². The lowest BCUT2D eigenvalue weighted by Crippen LogP contribution is -2.09. The topological polar surface area (TPSA) is 74.6 Å². The van der Waals surface area contributed by atoms with E-state index in [9.17, 15) is 9.59 Å². The zero-order chi connectivity index (χ0) is 9.72. The molecule has 0 bridgehead atoms. The molecule has 2 N–H and O–H groups in total. The molecule has 0 radical (unpaired) electrons. The van der Waals surface area contributed by atoms with Gasteiger partial charge in [-0.2, -0.15) is 0 Å². The van der Waals surface area contributed by atoms with Crippen LogP contribution in [0.2, 0.25) is 5.54 Å². The Bertz CT molecular complexity index is 221. The lowest BCUT2D eigenvalue weighted by Gasteiger charge is -2.07. The SMILES string of the molecule is CCC([SiH3])/C(=C/C(=O)O)C(=O)O. The molecule has 0 aromatic rings. The van der Waals surface area contributed by atoms with Crippen molar-refractivity contribution in [2.75, 3.05) is 0 Å². The molecule has 0 aliphatic heterocycles. The molecule has 5 heteroatoms. The number of aliphatic carboxylic acids is 2. The summed E-state index contributed by atoms with van der Waals surface area (Å²) in [5.41, 5.74) is -0.0738. The minimum atomic E-state index is -1.19. The Labute approximate surface area is 73.3 Å². The van der Waals surface area contributed by atoms with Crippen molar-refractivity contribution in [3.8, 4) is 0 Å². The van der Waals surface area contributed by atoms with E-state index in [4.69, 9.17) is 10.2 Å². The molecule has 0 fully saturated rings. The van der Waals surface area contributed by atoms with Crippen LogP contribution in [0.4, 0.5) is 0 Å². The predicted molar refractivity (Wildman–Crippen MR) is 47.3 cm³/mol. The van der Waals surface area contributed by atoms with Gasteiger partial charge in [-0.3, -0.25) is 0 Å². The third kappa shape index (κ3) is 3.34. The van der Waals surface area contributed by atoms with Crippen molar-refractivity contribution in [1.82, 2.24) is 0 Å². The molecule has 0 aromatic carbocycles. The highest BCUT2D eigenvalue weighted by Crippen LogP contribution is 2.17. The van der Waals surface area contributed by atoms with E-state index in [1.165, 1.54) is 0 Å². The molecule has 12 heavy (non-hydrogen) atoms. The summed E-state index contributed by atoms with van der Waals surface area (Å²) in [5, 5.41) is 17.0. The fraction of sp³-hybridized carbons (Fsp3) is 0.429. The standard InChI is InChI=1S/C7H12O4Si/c1-2-5(12)4(7(10)11)3-6(8)9/h3,5H,2H2,1,12H3,(H,8,9)(H,10,11)/b4-3-. The van der Waals surface area contributed by atoms with E-state index >= 15 is 0 Å². The zero-order valence-electron chi connectivity index (χ0n) is 7.07. The van der Waals surface area contributed by atoms with E-state index in [2.05, 4.69) is 0 Å². The Balaban J connectivity index is 4.66. The van der Waals surface area contributed by atoms with Gasteiger partial charge in [0, 0.05) is 21.9 Å². The van der Waals surface area contributed by atoms with Crippen molar-refractivity contribution < 1.29 is 19.8 Å². The van der Waals surface area contributed by atoms with Crippen LogP contribution in [0.5, 0.6) is 0 Å². The summed E-state index contributed by atoms with van der Waals surface area (Å²) in [6, 6.07) is 0. The molecule has 1 atom stereocenters. The monoisotopic (exact) mass is 188 g/mol. The largest absolute Gasteiger partial charge is 0.478 e. The summed E-state index contributed by atoms with van der Waals surface area (Å²) in [4.78, 5) is 20.7. The van der Waals surface area contributed by atoms with Gasteiger partial charge in [0.2, 0.25) is 0 Å². The van der Waals surface area contributed by atoms with E-state index < -0.39 is 11.9 Å². The number of carboxylic acid groups (broad SMARTS) is 2. The highest BCUT2D eigenvalue weighted by molar-refractivity contribution is 6.18. The van der Waals surface area contributed by atoms with Crippen LogP contribution in [0, 0.1) is 0 Å². The van der Waals surface area contributed by atoms with Crippen molar-refractivity contribution >= 4 is 22.2 Å². The minimum absolute atomic E-state index is 0.0108. The molecule has 0 spiro atoms. The first-order valence-corrected chi connectivity index (χ1v) is 4.82. The van der Waals surface area contributed by atoms with Gasteiger partial charge in [0.05, 0.1) is 0 Å². The van der Waals surface area contributed by atoms with E-state index in [1.54, 1.807) is 0 Å². The number of carboxylic acids is 2. The first-order chi connectivity index (χ1) is 5.49. The van der Waals surface area contributed by atoms with Crippen molar-refractivity contribution in [1.29, 1.82) is 0 Å². The van der Waals surface area contributed by atoms with E-state index in [1.807, 2.05) is 6.92 Å². The summed E-state index contributed by atoms with van der Waals surface area (Å²) in [6.07, 6.45) is 1.46. The lowest BCUT2D eigenvalue weighted by molar-refractivity contribution is -0.135. The summed E-state index contributed by atoms with van der Waals surface area (Å²) >= 11 is 0. The second-order valence-electron chi connectivity index (χ2n) is 2.55. The molecule has 0 heterocycles. The Kier molecular flexibility index (Phi) is 4.28. The molecule has 0 aliphatic rings. The third-order valence-electron chi connectivity index (χ3n) is 1.67. The van der Waals surface area contributed by atoms with Gasteiger partial charge < -0.3 is 10.2 Å². The number of carbonyl (C=O) groups is 2. The smallest absolute Gasteiger partial charge is 0.331 e. The van der Waals surface area contributed by atoms with Crippen LogP contribution in [0.15, 0.2) is 11.6 Å². The second-order valence-corrected chi connectivity index (χ2v) is 3.95. The van der Waals surface area contributed by atoms with Crippen LogP contribution in [-0.2, 0) is 9.59 Å².